The van der Waals surface area contributed by atoms with E-state index in [9.17, 15) is 4.79 Å². The number of nitrogen functional groups attached to an aromatic ring is 1. The maximum atomic E-state index is 11.5. The average Bonchev–Trinajstić information content (AvgIpc) is 2.88. The molecule has 0 unspecified atom stereocenters. The van der Waals surface area contributed by atoms with E-state index in [2.05, 4.69) is 11.4 Å². The molecule has 0 spiro atoms. The van der Waals surface area contributed by atoms with Gasteiger partial charge in [-0.2, -0.15) is 0 Å². The summed E-state index contributed by atoms with van der Waals surface area (Å²) in [5, 5.41) is 6.37. The summed E-state index contributed by atoms with van der Waals surface area (Å²) >= 11 is 1.69. The number of anilines is 3. The van der Waals surface area contributed by atoms with Crippen molar-refractivity contribution in [3.8, 4) is 0 Å². The van der Waals surface area contributed by atoms with E-state index < -0.39 is 5.91 Å². The number of primary amides is 1. The number of rotatable bonds is 3. The standard InChI is InChI=1S/C15H13N3OS/c16-12-3-1-2-11(15(17)19)14(12)18-10-4-5-13-9(8-10)6-7-20-13/h1-8,18H,16H2,(H2,17,19). The summed E-state index contributed by atoms with van der Waals surface area (Å²) in [4.78, 5) is 11.5. The van der Waals surface area contributed by atoms with Gasteiger partial charge in [-0.1, -0.05) is 6.07 Å². The fourth-order valence-corrected chi connectivity index (χ4v) is 2.87. The van der Waals surface area contributed by atoms with Crippen molar-refractivity contribution in [1.29, 1.82) is 0 Å². The van der Waals surface area contributed by atoms with E-state index in [1.165, 1.54) is 4.70 Å². The Balaban J connectivity index is 2.04. The number of thiophene rings is 1. The monoisotopic (exact) mass is 283 g/mol. The molecule has 0 bridgehead atoms. The van der Waals surface area contributed by atoms with Gasteiger partial charge < -0.3 is 16.8 Å². The van der Waals surface area contributed by atoms with Crippen LogP contribution in [0.15, 0.2) is 47.8 Å². The number of fused-ring (bicyclic) bond motifs is 1. The lowest BCUT2D eigenvalue weighted by Gasteiger charge is -2.12. The minimum Gasteiger partial charge on any atom is -0.397 e. The number of nitrogens with one attached hydrogen (secondary N) is 1. The zero-order valence-corrected chi connectivity index (χ0v) is 11.4. The number of carbonyl (C=O) groups excluding carboxylic acids is 1. The summed E-state index contributed by atoms with van der Waals surface area (Å²) < 4.78 is 1.21. The fraction of sp³-hybridized carbons (Fsp3) is 0. The first-order valence-electron chi connectivity index (χ1n) is 6.08. The van der Waals surface area contributed by atoms with Crippen LogP contribution in [0.3, 0.4) is 0 Å². The van der Waals surface area contributed by atoms with Gasteiger partial charge in [0, 0.05) is 10.4 Å². The summed E-state index contributed by atoms with van der Waals surface area (Å²) in [6.07, 6.45) is 0. The number of hydrogen-bond acceptors (Lipinski definition) is 4. The van der Waals surface area contributed by atoms with Gasteiger partial charge in [-0.25, -0.2) is 0 Å². The van der Waals surface area contributed by atoms with Crippen LogP contribution in [0.4, 0.5) is 17.1 Å². The minimum absolute atomic E-state index is 0.385. The summed E-state index contributed by atoms with van der Waals surface area (Å²) in [7, 11) is 0. The van der Waals surface area contributed by atoms with Crippen molar-refractivity contribution < 1.29 is 4.79 Å². The van der Waals surface area contributed by atoms with Gasteiger partial charge in [-0.3, -0.25) is 4.79 Å². The Kier molecular flexibility index (Phi) is 3.04. The maximum Gasteiger partial charge on any atom is 0.250 e. The highest BCUT2D eigenvalue weighted by Crippen LogP contribution is 2.30. The highest BCUT2D eigenvalue weighted by molar-refractivity contribution is 7.17. The van der Waals surface area contributed by atoms with Crippen LogP contribution in [0.25, 0.3) is 10.1 Å². The van der Waals surface area contributed by atoms with Gasteiger partial charge in [0.25, 0.3) is 5.91 Å². The van der Waals surface area contributed by atoms with Crippen molar-refractivity contribution in [1.82, 2.24) is 0 Å². The molecule has 1 heterocycles. The highest BCUT2D eigenvalue weighted by Gasteiger charge is 2.11. The molecule has 5 N–H and O–H groups in total. The molecule has 5 heteroatoms. The fourth-order valence-electron chi connectivity index (χ4n) is 2.10. The average molecular weight is 283 g/mol. The Morgan fingerprint density at radius 2 is 2.00 bits per heavy atom. The number of para-hydroxylation sites is 1. The van der Waals surface area contributed by atoms with Crippen molar-refractivity contribution in [2.75, 3.05) is 11.1 Å². The highest BCUT2D eigenvalue weighted by atomic mass is 32.1. The van der Waals surface area contributed by atoms with Crippen LogP contribution in [-0.4, -0.2) is 5.91 Å². The Bertz CT molecular complexity index is 795. The molecule has 3 rings (SSSR count). The molecule has 100 valence electrons. The second-order valence-corrected chi connectivity index (χ2v) is 5.38. The summed E-state index contributed by atoms with van der Waals surface area (Å²) in [5.41, 5.74) is 13.6. The van der Waals surface area contributed by atoms with Crippen molar-refractivity contribution in [2.45, 2.75) is 0 Å². The van der Waals surface area contributed by atoms with E-state index in [0.717, 1.165) is 11.1 Å². The predicted molar refractivity (Wildman–Crippen MR) is 84.5 cm³/mol. The molecule has 0 aliphatic heterocycles. The lowest BCUT2D eigenvalue weighted by molar-refractivity contribution is 0.100. The predicted octanol–water partition coefficient (Wildman–Crippen LogP) is 3.33. The van der Waals surface area contributed by atoms with Crippen LogP contribution >= 0.6 is 11.3 Å². The summed E-state index contributed by atoms with van der Waals surface area (Å²) in [5.74, 6) is -0.503. The van der Waals surface area contributed by atoms with Gasteiger partial charge in [0.15, 0.2) is 0 Å². The van der Waals surface area contributed by atoms with E-state index in [1.807, 2.05) is 23.6 Å². The molecule has 0 fully saturated rings. The maximum absolute atomic E-state index is 11.5. The van der Waals surface area contributed by atoms with E-state index >= 15 is 0 Å². The van der Waals surface area contributed by atoms with Gasteiger partial charge in [-0.05, 0) is 47.2 Å². The van der Waals surface area contributed by atoms with Gasteiger partial charge >= 0.3 is 0 Å². The van der Waals surface area contributed by atoms with Crippen molar-refractivity contribution in [3.63, 3.8) is 0 Å². The largest absolute Gasteiger partial charge is 0.397 e. The smallest absolute Gasteiger partial charge is 0.250 e. The molecule has 2 aromatic carbocycles. The summed E-state index contributed by atoms with van der Waals surface area (Å²) in [6.45, 7) is 0. The van der Waals surface area contributed by atoms with Gasteiger partial charge in [0.1, 0.15) is 0 Å². The van der Waals surface area contributed by atoms with Crippen LogP contribution in [0.2, 0.25) is 0 Å². The topological polar surface area (TPSA) is 81.1 Å². The summed E-state index contributed by atoms with van der Waals surface area (Å²) in [6, 6.07) is 13.2. The Morgan fingerprint density at radius 1 is 1.15 bits per heavy atom. The van der Waals surface area contributed by atoms with Crippen molar-refractivity contribution >= 4 is 44.4 Å². The Morgan fingerprint density at radius 3 is 2.80 bits per heavy atom. The molecule has 0 saturated carbocycles. The van der Waals surface area contributed by atoms with Crippen molar-refractivity contribution in [2.24, 2.45) is 5.73 Å². The lowest BCUT2D eigenvalue weighted by atomic mass is 10.1. The molecule has 20 heavy (non-hydrogen) atoms. The SMILES string of the molecule is NC(=O)c1cccc(N)c1Nc1ccc2sccc2c1. The molecule has 1 amide bonds. The molecule has 0 saturated heterocycles. The normalized spacial score (nSPS) is 10.6. The van der Waals surface area contributed by atoms with Gasteiger partial charge in [-0.15, -0.1) is 11.3 Å². The zero-order valence-electron chi connectivity index (χ0n) is 10.6. The number of hydrogen-bond donors (Lipinski definition) is 3. The van der Waals surface area contributed by atoms with E-state index in [-0.39, 0.29) is 0 Å². The van der Waals surface area contributed by atoms with Crippen LogP contribution in [0.5, 0.6) is 0 Å². The molecular formula is C15H13N3OS. The molecule has 4 nitrogen and oxygen atoms in total. The number of amides is 1. The molecule has 0 aliphatic carbocycles. The quantitative estimate of drug-likeness (QED) is 0.645. The first-order chi connectivity index (χ1) is 9.65. The minimum atomic E-state index is -0.503. The molecule has 0 atom stereocenters. The third-order valence-corrected chi connectivity index (χ3v) is 3.98. The van der Waals surface area contributed by atoms with Crippen LogP contribution in [0, 0.1) is 0 Å². The Hall–Kier alpha value is -2.53. The number of benzene rings is 2. The van der Waals surface area contributed by atoms with Crippen molar-refractivity contribution in [3.05, 3.63) is 53.4 Å². The first kappa shape index (κ1) is 12.5. The van der Waals surface area contributed by atoms with Gasteiger partial charge in [0.2, 0.25) is 0 Å². The van der Waals surface area contributed by atoms with Crippen LogP contribution in [0.1, 0.15) is 10.4 Å². The lowest BCUT2D eigenvalue weighted by Crippen LogP contribution is -2.14. The van der Waals surface area contributed by atoms with Crippen LogP contribution in [-0.2, 0) is 0 Å². The van der Waals surface area contributed by atoms with E-state index in [0.29, 0.717) is 16.9 Å². The third-order valence-electron chi connectivity index (χ3n) is 3.08. The second-order valence-electron chi connectivity index (χ2n) is 4.43. The molecule has 3 aromatic rings. The third kappa shape index (κ3) is 2.19. The molecule has 0 radical (unpaired) electrons. The number of nitrogens with two attached hydrogens (primary N) is 2. The second kappa shape index (κ2) is 4.86. The number of carbonyl (C=O) groups is 1. The molecule has 0 aliphatic rings. The first-order valence-corrected chi connectivity index (χ1v) is 6.96. The Labute approximate surface area is 120 Å². The molecule has 1 aromatic heterocycles. The van der Waals surface area contributed by atoms with Crippen LogP contribution < -0.4 is 16.8 Å². The van der Waals surface area contributed by atoms with E-state index in [1.54, 1.807) is 29.5 Å². The van der Waals surface area contributed by atoms with Gasteiger partial charge in [0.05, 0.1) is 16.9 Å². The molecular weight excluding hydrogens is 270 g/mol. The zero-order chi connectivity index (χ0) is 14.1. The van der Waals surface area contributed by atoms with E-state index in [4.69, 9.17) is 11.5 Å².